The van der Waals surface area contributed by atoms with Crippen LogP contribution in [0.1, 0.15) is 11.1 Å². The van der Waals surface area contributed by atoms with Crippen LogP contribution >= 0.6 is 23.1 Å². The zero-order valence-electron chi connectivity index (χ0n) is 10.7. The van der Waals surface area contributed by atoms with Gasteiger partial charge in [0.05, 0.1) is 17.0 Å². The van der Waals surface area contributed by atoms with Crippen molar-refractivity contribution in [3.63, 3.8) is 0 Å². The highest BCUT2D eigenvalue weighted by atomic mass is 32.2. The molecule has 0 atom stereocenters. The molecule has 21 heavy (non-hydrogen) atoms. The fourth-order valence-electron chi connectivity index (χ4n) is 1.87. The maximum atomic E-state index is 13.4. The van der Waals surface area contributed by atoms with Gasteiger partial charge in [-0.1, -0.05) is 11.8 Å². The van der Waals surface area contributed by atoms with E-state index in [9.17, 15) is 4.39 Å². The third-order valence-corrected chi connectivity index (χ3v) is 4.51. The molecule has 2 aromatic heterocycles. The van der Waals surface area contributed by atoms with Crippen LogP contribution < -0.4 is 5.73 Å². The lowest BCUT2D eigenvalue weighted by atomic mass is 10.1. The van der Waals surface area contributed by atoms with Gasteiger partial charge in [-0.3, -0.25) is 0 Å². The highest BCUT2D eigenvalue weighted by Crippen LogP contribution is 2.28. The Morgan fingerprint density at radius 2 is 2.19 bits per heavy atom. The van der Waals surface area contributed by atoms with Gasteiger partial charge in [-0.2, -0.15) is 5.26 Å². The molecule has 3 rings (SSSR count). The number of nitriles is 1. The monoisotopic (exact) mass is 316 g/mol. The number of hydrogen-bond acceptors (Lipinski definition) is 6. The van der Waals surface area contributed by atoms with Crippen LogP contribution in [0.2, 0.25) is 0 Å². The standard InChI is InChI=1S/C14H9FN4S2/c15-10-4-8(6-16)3-9(5-10)7-21-14-18-12(17)11-1-2-20-13(11)19-14/h1-5H,7H2,(H2,17,18,19). The SMILES string of the molecule is N#Cc1cc(F)cc(CSc2nc(N)c3ccsc3n2)c1. The second-order valence-corrected chi connectivity index (χ2v) is 6.12. The maximum Gasteiger partial charge on any atom is 0.191 e. The van der Waals surface area contributed by atoms with E-state index in [0.29, 0.717) is 27.9 Å². The summed E-state index contributed by atoms with van der Waals surface area (Å²) < 4.78 is 13.4. The van der Waals surface area contributed by atoms with Gasteiger partial charge in [0.15, 0.2) is 5.16 Å². The highest BCUT2D eigenvalue weighted by Gasteiger charge is 2.08. The quantitative estimate of drug-likeness (QED) is 0.590. The number of nitrogens with two attached hydrogens (primary N) is 1. The summed E-state index contributed by atoms with van der Waals surface area (Å²) in [6.45, 7) is 0. The number of rotatable bonds is 3. The normalized spacial score (nSPS) is 10.7. The van der Waals surface area contributed by atoms with E-state index >= 15 is 0 Å². The number of benzene rings is 1. The van der Waals surface area contributed by atoms with Gasteiger partial charge in [-0.15, -0.1) is 11.3 Å². The second kappa shape index (κ2) is 5.68. The Morgan fingerprint density at radius 3 is 3.00 bits per heavy atom. The largest absolute Gasteiger partial charge is 0.383 e. The lowest BCUT2D eigenvalue weighted by Gasteiger charge is -2.03. The van der Waals surface area contributed by atoms with Gasteiger partial charge in [0, 0.05) is 5.75 Å². The number of thioether (sulfide) groups is 1. The van der Waals surface area contributed by atoms with E-state index in [1.165, 1.54) is 35.2 Å². The molecule has 0 saturated carbocycles. The van der Waals surface area contributed by atoms with Crippen LogP contribution in [-0.4, -0.2) is 9.97 Å². The third kappa shape index (κ3) is 2.96. The summed E-state index contributed by atoms with van der Waals surface area (Å²) in [6.07, 6.45) is 0. The molecule has 0 saturated heterocycles. The zero-order valence-corrected chi connectivity index (χ0v) is 12.3. The lowest BCUT2D eigenvalue weighted by molar-refractivity contribution is 0.626. The molecule has 4 nitrogen and oxygen atoms in total. The molecule has 0 spiro atoms. The smallest absolute Gasteiger partial charge is 0.191 e. The first-order valence-electron chi connectivity index (χ1n) is 5.99. The van der Waals surface area contributed by atoms with Crippen molar-refractivity contribution in [1.82, 2.24) is 9.97 Å². The molecule has 0 aliphatic carbocycles. The van der Waals surface area contributed by atoms with Crippen molar-refractivity contribution < 1.29 is 4.39 Å². The van der Waals surface area contributed by atoms with Crippen LogP contribution in [0.25, 0.3) is 10.2 Å². The molecule has 104 valence electrons. The van der Waals surface area contributed by atoms with Gasteiger partial charge < -0.3 is 5.73 Å². The summed E-state index contributed by atoms with van der Waals surface area (Å²) in [5.74, 6) is 0.502. The topological polar surface area (TPSA) is 75.6 Å². The summed E-state index contributed by atoms with van der Waals surface area (Å²) in [5, 5.41) is 12.1. The van der Waals surface area contributed by atoms with Crippen molar-refractivity contribution in [3.8, 4) is 6.07 Å². The minimum Gasteiger partial charge on any atom is -0.383 e. The number of halogens is 1. The number of nitrogen functional groups attached to an aromatic ring is 1. The van der Waals surface area contributed by atoms with Crippen LogP contribution in [-0.2, 0) is 5.75 Å². The molecule has 2 heterocycles. The van der Waals surface area contributed by atoms with E-state index in [-0.39, 0.29) is 0 Å². The van der Waals surface area contributed by atoms with E-state index in [4.69, 9.17) is 11.0 Å². The van der Waals surface area contributed by atoms with Crippen LogP contribution in [0.5, 0.6) is 0 Å². The average Bonchev–Trinajstić information content (AvgIpc) is 2.93. The van der Waals surface area contributed by atoms with Crippen LogP contribution in [0, 0.1) is 17.1 Å². The average molecular weight is 316 g/mol. The molecular weight excluding hydrogens is 307 g/mol. The first-order chi connectivity index (χ1) is 10.2. The Bertz CT molecular complexity index is 854. The molecule has 1 aromatic carbocycles. The maximum absolute atomic E-state index is 13.4. The van der Waals surface area contributed by atoms with Gasteiger partial charge >= 0.3 is 0 Å². The Hall–Kier alpha value is -2.17. The highest BCUT2D eigenvalue weighted by molar-refractivity contribution is 7.98. The van der Waals surface area contributed by atoms with Gasteiger partial charge in [-0.25, -0.2) is 14.4 Å². The Labute approximate surface area is 128 Å². The minimum absolute atomic E-state index is 0.305. The van der Waals surface area contributed by atoms with Crippen molar-refractivity contribution in [2.24, 2.45) is 0 Å². The zero-order chi connectivity index (χ0) is 14.8. The number of aromatic nitrogens is 2. The van der Waals surface area contributed by atoms with Crippen molar-refractivity contribution in [3.05, 3.63) is 46.6 Å². The minimum atomic E-state index is -0.418. The van der Waals surface area contributed by atoms with Crippen molar-refractivity contribution in [1.29, 1.82) is 5.26 Å². The fraction of sp³-hybridized carbons (Fsp3) is 0.0714. The fourth-order valence-corrected chi connectivity index (χ4v) is 3.48. The molecule has 0 amide bonds. The number of fused-ring (bicyclic) bond motifs is 1. The summed E-state index contributed by atoms with van der Waals surface area (Å²) in [7, 11) is 0. The summed E-state index contributed by atoms with van der Waals surface area (Å²) in [4.78, 5) is 9.47. The van der Waals surface area contributed by atoms with E-state index in [2.05, 4.69) is 9.97 Å². The molecule has 3 aromatic rings. The van der Waals surface area contributed by atoms with Gasteiger partial charge in [-0.05, 0) is 35.2 Å². The predicted molar refractivity (Wildman–Crippen MR) is 82.5 cm³/mol. The molecule has 0 bridgehead atoms. The summed E-state index contributed by atoms with van der Waals surface area (Å²) in [5.41, 5.74) is 6.90. The van der Waals surface area contributed by atoms with Crippen molar-refractivity contribution in [2.75, 3.05) is 5.73 Å². The molecule has 0 unspecified atom stereocenters. The van der Waals surface area contributed by atoms with Gasteiger partial charge in [0.25, 0.3) is 0 Å². The molecule has 0 aliphatic heterocycles. The predicted octanol–water partition coefficient (Wildman–Crippen LogP) is 3.58. The van der Waals surface area contributed by atoms with E-state index in [0.717, 1.165) is 10.2 Å². The third-order valence-electron chi connectivity index (χ3n) is 2.79. The Kier molecular flexibility index (Phi) is 3.73. The first kappa shape index (κ1) is 13.8. The molecule has 0 fully saturated rings. The number of thiophene rings is 1. The molecule has 0 radical (unpaired) electrons. The first-order valence-corrected chi connectivity index (χ1v) is 7.85. The van der Waals surface area contributed by atoms with Crippen molar-refractivity contribution >= 4 is 39.1 Å². The van der Waals surface area contributed by atoms with Crippen molar-refractivity contribution in [2.45, 2.75) is 10.9 Å². The van der Waals surface area contributed by atoms with E-state index in [1.54, 1.807) is 6.07 Å². The van der Waals surface area contributed by atoms with Gasteiger partial charge in [0.2, 0.25) is 0 Å². The summed E-state index contributed by atoms with van der Waals surface area (Å²) in [6, 6.07) is 8.09. The number of anilines is 1. The molecular formula is C14H9FN4S2. The lowest BCUT2D eigenvalue weighted by Crippen LogP contribution is -1.95. The van der Waals surface area contributed by atoms with Crippen LogP contribution in [0.3, 0.4) is 0 Å². The van der Waals surface area contributed by atoms with Crippen LogP contribution in [0.4, 0.5) is 10.2 Å². The Morgan fingerprint density at radius 1 is 1.33 bits per heavy atom. The molecule has 0 aliphatic rings. The Balaban J connectivity index is 1.83. The van der Waals surface area contributed by atoms with Crippen LogP contribution in [0.15, 0.2) is 34.8 Å². The number of nitrogens with zero attached hydrogens (tertiary/aromatic N) is 3. The van der Waals surface area contributed by atoms with E-state index < -0.39 is 5.82 Å². The second-order valence-electron chi connectivity index (χ2n) is 4.28. The van der Waals surface area contributed by atoms with E-state index in [1.807, 2.05) is 17.5 Å². The number of hydrogen-bond donors (Lipinski definition) is 1. The molecule has 2 N–H and O–H groups in total. The molecule has 7 heteroatoms. The van der Waals surface area contributed by atoms with Gasteiger partial charge in [0.1, 0.15) is 16.5 Å². The summed E-state index contributed by atoms with van der Waals surface area (Å²) >= 11 is 2.86.